The maximum atomic E-state index is 11.5. The Morgan fingerprint density at radius 3 is 2.16 bits per heavy atom. The van der Waals surface area contributed by atoms with Crippen LogP contribution in [0.1, 0.15) is 20.8 Å². The standard InChI is InChI=1S/C17H18N4O4/c1-17(2,3)20(16(22)23)14-8-4-6-12(10-14)18-19-13-7-5-9-15(11-13)21(24)25/h4-11H,1-3H3,(H,22,23). The number of carbonyl (C=O) groups is 1. The van der Waals surface area contributed by atoms with Crippen LogP contribution in [0, 0.1) is 10.1 Å². The van der Waals surface area contributed by atoms with Gasteiger partial charge in [-0.2, -0.15) is 10.2 Å². The van der Waals surface area contributed by atoms with Gasteiger partial charge in [-0.1, -0.05) is 12.1 Å². The topological polar surface area (TPSA) is 108 Å². The fourth-order valence-corrected chi connectivity index (χ4v) is 2.26. The van der Waals surface area contributed by atoms with Crippen molar-refractivity contribution in [2.24, 2.45) is 10.2 Å². The fourth-order valence-electron chi connectivity index (χ4n) is 2.26. The number of rotatable bonds is 4. The van der Waals surface area contributed by atoms with Crippen molar-refractivity contribution in [2.75, 3.05) is 4.90 Å². The molecule has 0 aromatic heterocycles. The molecular weight excluding hydrogens is 324 g/mol. The summed E-state index contributed by atoms with van der Waals surface area (Å²) < 4.78 is 0. The van der Waals surface area contributed by atoms with Crippen molar-refractivity contribution < 1.29 is 14.8 Å². The summed E-state index contributed by atoms with van der Waals surface area (Å²) in [6.07, 6.45) is -1.07. The smallest absolute Gasteiger partial charge is 0.412 e. The van der Waals surface area contributed by atoms with E-state index in [9.17, 15) is 20.0 Å². The first kappa shape index (κ1) is 18.1. The number of non-ortho nitro benzene ring substituents is 1. The number of hydrogen-bond acceptors (Lipinski definition) is 5. The van der Waals surface area contributed by atoms with Gasteiger partial charge >= 0.3 is 6.09 Å². The molecule has 0 aliphatic rings. The lowest BCUT2D eigenvalue weighted by Crippen LogP contribution is -2.45. The van der Waals surface area contributed by atoms with Gasteiger partial charge in [-0.3, -0.25) is 15.0 Å². The monoisotopic (exact) mass is 342 g/mol. The van der Waals surface area contributed by atoms with Crippen molar-refractivity contribution in [3.8, 4) is 0 Å². The lowest BCUT2D eigenvalue weighted by atomic mass is 10.1. The number of hydrogen-bond donors (Lipinski definition) is 1. The van der Waals surface area contributed by atoms with Crippen molar-refractivity contribution in [2.45, 2.75) is 26.3 Å². The molecule has 1 N–H and O–H groups in total. The van der Waals surface area contributed by atoms with Gasteiger partial charge in [0.2, 0.25) is 0 Å². The van der Waals surface area contributed by atoms with Crippen LogP contribution in [0.5, 0.6) is 0 Å². The molecule has 0 aliphatic carbocycles. The van der Waals surface area contributed by atoms with Gasteiger partial charge in [0.05, 0.1) is 16.3 Å². The largest absolute Gasteiger partial charge is 0.465 e. The Morgan fingerprint density at radius 1 is 1.08 bits per heavy atom. The molecule has 130 valence electrons. The molecule has 2 rings (SSSR count). The summed E-state index contributed by atoms with van der Waals surface area (Å²) in [5.74, 6) is 0. The number of anilines is 1. The average Bonchev–Trinajstić information content (AvgIpc) is 2.52. The zero-order valence-electron chi connectivity index (χ0n) is 14.1. The molecule has 0 aliphatic heterocycles. The molecular formula is C17H18N4O4. The van der Waals surface area contributed by atoms with Crippen LogP contribution < -0.4 is 4.90 Å². The zero-order chi connectivity index (χ0) is 18.6. The van der Waals surface area contributed by atoms with Gasteiger partial charge in [-0.15, -0.1) is 0 Å². The van der Waals surface area contributed by atoms with E-state index in [-0.39, 0.29) is 5.69 Å². The molecule has 0 heterocycles. The quantitative estimate of drug-likeness (QED) is 0.462. The normalized spacial score (nSPS) is 11.5. The molecule has 25 heavy (non-hydrogen) atoms. The Hall–Kier alpha value is -3.29. The molecule has 0 bridgehead atoms. The zero-order valence-corrected chi connectivity index (χ0v) is 14.1. The molecule has 0 spiro atoms. The molecule has 0 saturated heterocycles. The lowest BCUT2D eigenvalue weighted by Gasteiger charge is -2.33. The minimum absolute atomic E-state index is 0.0741. The van der Waals surface area contributed by atoms with Gasteiger partial charge in [0, 0.05) is 23.4 Å². The summed E-state index contributed by atoms with van der Waals surface area (Å²) in [6.45, 7) is 5.37. The highest BCUT2D eigenvalue weighted by Gasteiger charge is 2.27. The van der Waals surface area contributed by atoms with Crippen LogP contribution in [0.25, 0.3) is 0 Å². The Balaban J connectivity index is 2.31. The highest BCUT2D eigenvalue weighted by molar-refractivity contribution is 5.88. The summed E-state index contributed by atoms with van der Waals surface area (Å²) in [7, 11) is 0. The number of nitro groups is 1. The molecule has 0 unspecified atom stereocenters. The van der Waals surface area contributed by atoms with Crippen LogP contribution in [0.15, 0.2) is 58.8 Å². The van der Waals surface area contributed by atoms with E-state index in [1.165, 1.54) is 23.1 Å². The maximum Gasteiger partial charge on any atom is 0.412 e. The van der Waals surface area contributed by atoms with E-state index in [0.717, 1.165) is 0 Å². The Labute approximate surface area is 144 Å². The second-order valence-corrected chi connectivity index (χ2v) is 6.29. The van der Waals surface area contributed by atoms with Gasteiger partial charge in [-0.05, 0) is 45.0 Å². The van der Waals surface area contributed by atoms with Gasteiger partial charge in [-0.25, -0.2) is 4.79 Å². The third-order valence-corrected chi connectivity index (χ3v) is 3.27. The predicted octanol–water partition coefficient (Wildman–Crippen LogP) is 5.29. The summed E-state index contributed by atoms with van der Waals surface area (Å²) in [6, 6.07) is 12.4. The SMILES string of the molecule is CC(C)(C)N(C(=O)O)c1cccc(N=Nc2cccc([N+](=O)[O-])c2)c1. The Bertz CT molecular complexity index is 827. The summed E-state index contributed by atoms with van der Waals surface area (Å²) in [5.41, 5.74) is 0.553. The van der Waals surface area contributed by atoms with E-state index < -0.39 is 16.6 Å². The van der Waals surface area contributed by atoms with Gasteiger partial charge in [0.15, 0.2) is 0 Å². The summed E-state index contributed by atoms with van der Waals surface area (Å²) in [5, 5.41) is 28.3. The third-order valence-electron chi connectivity index (χ3n) is 3.27. The van der Waals surface area contributed by atoms with Crippen LogP contribution in [0.4, 0.5) is 27.5 Å². The van der Waals surface area contributed by atoms with Gasteiger partial charge < -0.3 is 5.11 Å². The Morgan fingerprint density at radius 2 is 1.64 bits per heavy atom. The number of nitrogens with zero attached hydrogens (tertiary/aromatic N) is 4. The van der Waals surface area contributed by atoms with Crippen LogP contribution in [-0.4, -0.2) is 21.7 Å². The molecule has 2 aromatic carbocycles. The lowest BCUT2D eigenvalue weighted by molar-refractivity contribution is -0.384. The fraction of sp³-hybridized carbons (Fsp3) is 0.235. The molecule has 0 radical (unpaired) electrons. The van der Waals surface area contributed by atoms with E-state index in [1.807, 2.05) is 0 Å². The highest BCUT2D eigenvalue weighted by Crippen LogP contribution is 2.29. The molecule has 0 fully saturated rings. The second kappa shape index (κ2) is 7.08. The second-order valence-electron chi connectivity index (χ2n) is 6.29. The van der Waals surface area contributed by atoms with Crippen molar-refractivity contribution in [3.63, 3.8) is 0 Å². The number of benzene rings is 2. The molecule has 8 heteroatoms. The van der Waals surface area contributed by atoms with Gasteiger partial charge in [0.1, 0.15) is 0 Å². The minimum Gasteiger partial charge on any atom is -0.465 e. The first-order valence-corrected chi connectivity index (χ1v) is 7.48. The minimum atomic E-state index is -1.07. The number of nitro benzene ring substituents is 1. The van der Waals surface area contributed by atoms with E-state index in [2.05, 4.69) is 10.2 Å². The average molecular weight is 342 g/mol. The van der Waals surface area contributed by atoms with E-state index in [1.54, 1.807) is 51.1 Å². The first-order chi connectivity index (χ1) is 11.7. The number of amides is 1. The molecule has 0 saturated carbocycles. The maximum absolute atomic E-state index is 11.5. The molecule has 0 atom stereocenters. The van der Waals surface area contributed by atoms with E-state index in [4.69, 9.17) is 0 Å². The highest BCUT2D eigenvalue weighted by atomic mass is 16.6. The first-order valence-electron chi connectivity index (χ1n) is 7.48. The third kappa shape index (κ3) is 4.60. The molecule has 1 amide bonds. The number of azo groups is 1. The van der Waals surface area contributed by atoms with Crippen molar-refractivity contribution in [1.29, 1.82) is 0 Å². The predicted molar refractivity (Wildman–Crippen MR) is 94.0 cm³/mol. The molecule has 8 nitrogen and oxygen atoms in total. The summed E-state index contributed by atoms with van der Waals surface area (Å²) >= 11 is 0. The van der Waals surface area contributed by atoms with Crippen molar-refractivity contribution in [3.05, 3.63) is 58.6 Å². The molecule has 2 aromatic rings. The van der Waals surface area contributed by atoms with Crippen LogP contribution in [0.2, 0.25) is 0 Å². The van der Waals surface area contributed by atoms with Crippen molar-refractivity contribution >= 4 is 28.8 Å². The van der Waals surface area contributed by atoms with Crippen LogP contribution >= 0.6 is 0 Å². The summed E-state index contributed by atoms with van der Waals surface area (Å²) in [4.78, 5) is 23.1. The van der Waals surface area contributed by atoms with E-state index >= 15 is 0 Å². The van der Waals surface area contributed by atoms with Crippen LogP contribution in [0.3, 0.4) is 0 Å². The number of carboxylic acid groups (broad SMARTS) is 1. The van der Waals surface area contributed by atoms with Crippen LogP contribution in [-0.2, 0) is 0 Å². The van der Waals surface area contributed by atoms with Gasteiger partial charge in [0.25, 0.3) is 5.69 Å². The van der Waals surface area contributed by atoms with Crippen molar-refractivity contribution in [1.82, 2.24) is 0 Å². The van der Waals surface area contributed by atoms with E-state index in [0.29, 0.717) is 17.1 Å². The Kier molecular flexibility index (Phi) is 5.11.